The van der Waals surface area contributed by atoms with Gasteiger partial charge in [0.25, 0.3) is 0 Å². The zero-order valence-corrected chi connectivity index (χ0v) is 14.8. The fraction of sp³-hybridized carbons (Fsp3) is 0.625. The second kappa shape index (κ2) is 5.49. The predicted octanol–water partition coefficient (Wildman–Crippen LogP) is 1.33. The van der Waals surface area contributed by atoms with E-state index in [1.165, 1.54) is 0 Å². The molecule has 1 aromatic rings. The molecule has 7 heteroatoms. The number of anilines is 1. The quantitative estimate of drug-likeness (QED) is 0.769. The summed E-state index contributed by atoms with van der Waals surface area (Å²) < 4.78 is 12.0. The van der Waals surface area contributed by atoms with Crippen LogP contribution in [0.25, 0.3) is 0 Å². The fourth-order valence-corrected chi connectivity index (χ4v) is 2.39. The smallest absolute Gasteiger partial charge is 0.495 e. The molecule has 2 heterocycles. The molecule has 1 aromatic heterocycles. The zero-order chi connectivity index (χ0) is 17.6. The van der Waals surface area contributed by atoms with Crippen molar-refractivity contribution < 1.29 is 19.2 Å². The van der Waals surface area contributed by atoms with E-state index >= 15 is 0 Å². The molecule has 1 aliphatic heterocycles. The number of pyridine rings is 1. The maximum atomic E-state index is 11.5. The maximum absolute atomic E-state index is 11.5. The summed E-state index contributed by atoms with van der Waals surface area (Å²) in [5.41, 5.74) is -0.859. The molecular formula is C16H24BN2O4-. The van der Waals surface area contributed by atoms with Crippen molar-refractivity contribution in [3.63, 3.8) is 0 Å². The Kier molecular flexibility index (Phi) is 4.24. The van der Waals surface area contributed by atoms with E-state index in [1.54, 1.807) is 39.1 Å². The molecule has 1 aliphatic rings. The lowest BCUT2D eigenvalue weighted by atomic mass is 9.79. The molecule has 0 atom stereocenters. The van der Waals surface area contributed by atoms with Gasteiger partial charge in [0.1, 0.15) is 11.9 Å². The van der Waals surface area contributed by atoms with Crippen LogP contribution in [0.1, 0.15) is 48.5 Å². The lowest BCUT2D eigenvalue weighted by Crippen LogP contribution is -2.52. The number of carbonyl (C=O) groups is 1. The molecule has 0 aromatic carbocycles. The van der Waals surface area contributed by atoms with Gasteiger partial charge in [-0.1, -0.05) is 0 Å². The summed E-state index contributed by atoms with van der Waals surface area (Å²) in [5.74, 6) is 0.296. The van der Waals surface area contributed by atoms with E-state index in [0.717, 1.165) is 10.4 Å². The normalized spacial score (nSPS) is 19.7. The summed E-state index contributed by atoms with van der Waals surface area (Å²) in [6.45, 7) is 13.2. The Balaban J connectivity index is 2.37. The SMILES string of the molecule is CC(C)(C)N(C(=O)[O-])c1cc(B2OC(C)(C)C(C)(C)O2)ccn1. The molecule has 0 bridgehead atoms. The summed E-state index contributed by atoms with van der Waals surface area (Å²) in [6, 6.07) is 3.44. The largest absolute Gasteiger partial charge is 0.530 e. The summed E-state index contributed by atoms with van der Waals surface area (Å²) in [5, 5.41) is 11.5. The topological polar surface area (TPSA) is 74.7 Å². The van der Waals surface area contributed by atoms with Crippen molar-refractivity contribution in [1.29, 1.82) is 0 Å². The number of rotatable bonds is 2. The molecular weight excluding hydrogens is 295 g/mol. The summed E-state index contributed by atoms with van der Waals surface area (Å²) in [4.78, 5) is 16.8. The number of nitrogens with zero attached hydrogens (tertiary/aromatic N) is 2. The van der Waals surface area contributed by atoms with Gasteiger partial charge in [-0.3, -0.25) is 0 Å². The van der Waals surface area contributed by atoms with Crippen molar-refractivity contribution in [2.75, 3.05) is 4.90 Å². The minimum Gasteiger partial charge on any atom is -0.530 e. The van der Waals surface area contributed by atoms with Crippen LogP contribution in [0.15, 0.2) is 18.3 Å². The van der Waals surface area contributed by atoms with E-state index in [9.17, 15) is 9.90 Å². The van der Waals surface area contributed by atoms with Crippen LogP contribution < -0.4 is 15.5 Å². The standard InChI is InChI=1S/C16H25BN2O4/c1-14(2,3)19(13(20)21)12-10-11(8-9-18-12)17-22-15(4,5)16(6,7)23-17/h8-10H,1-7H3,(H,20,21)/p-1. The monoisotopic (exact) mass is 319 g/mol. The molecule has 0 spiro atoms. The first-order valence-corrected chi connectivity index (χ1v) is 7.68. The molecule has 0 unspecified atom stereocenters. The Hall–Kier alpha value is -1.60. The second-order valence-corrected chi connectivity index (χ2v) is 7.81. The van der Waals surface area contributed by atoms with Crippen LogP contribution in [0.2, 0.25) is 0 Å². The van der Waals surface area contributed by atoms with Gasteiger partial charge in [0, 0.05) is 11.7 Å². The van der Waals surface area contributed by atoms with Crippen LogP contribution in [0.3, 0.4) is 0 Å². The summed E-state index contributed by atoms with van der Waals surface area (Å²) in [6.07, 6.45) is 0.258. The Morgan fingerprint density at radius 3 is 2.17 bits per heavy atom. The number of carbonyl (C=O) groups excluding carboxylic acids is 1. The van der Waals surface area contributed by atoms with E-state index in [0.29, 0.717) is 5.82 Å². The average Bonchev–Trinajstić information content (AvgIpc) is 2.56. The molecule has 1 saturated heterocycles. The van der Waals surface area contributed by atoms with Crippen LogP contribution in [0.4, 0.5) is 10.6 Å². The van der Waals surface area contributed by atoms with Crippen molar-refractivity contribution in [1.82, 2.24) is 4.98 Å². The van der Waals surface area contributed by atoms with E-state index < -0.39 is 30.0 Å². The molecule has 6 nitrogen and oxygen atoms in total. The minimum absolute atomic E-state index is 0.296. The van der Waals surface area contributed by atoms with Gasteiger partial charge in [0.15, 0.2) is 0 Å². The van der Waals surface area contributed by atoms with Crippen LogP contribution in [0, 0.1) is 0 Å². The van der Waals surface area contributed by atoms with Crippen molar-refractivity contribution in [2.24, 2.45) is 0 Å². The van der Waals surface area contributed by atoms with Gasteiger partial charge in [0.05, 0.1) is 11.2 Å². The number of amides is 1. The van der Waals surface area contributed by atoms with Crippen molar-refractivity contribution in [3.8, 4) is 0 Å². The lowest BCUT2D eigenvalue weighted by molar-refractivity contribution is -0.247. The van der Waals surface area contributed by atoms with Crippen LogP contribution in [-0.4, -0.2) is 34.9 Å². The molecule has 2 rings (SSSR count). The molecule has 23 heavy (non-hydrogen) atoms. The summed E-state index contributed by atoms with van der Waals surface area (Å²) in [7, 11) is -0.565. The molecule has 1 fully saturated rings. The molecule has 126 valence electrons. The van der Waals surface area contributed by atoms with Crippen molar-refractivity contribution in [2.45, 2.75) is 65.2 Å². The number of hydrogen-bond acceptors (Lipinski definition) is 5. The highest BCUT2D eigenvalue weighted by Crippen LogP contribution is 2.36. The first kappa shape index (κ1) is 17.8. The fourth-order valence-electron chi connectivity index (χ4n) is 2.39. The van der Waals surface area contributed by atoms with Crippen LogP contribution >= 0.6 is 0 Å². The molecule has 0 saturated carbocycles. The molecule has 0 aliphatic carbocycles. The Morgan fingerprint density at radius 1 is 1.22 bits per heavy atom. The summed E-state index contributed by atoms with van der Waals surface area (Å²) >= 11 is 0. The Bertz CT molecular complexity index is 594. The third-order valence-corrected chi connectivity index (χ3v) is 4.38. The number of aromatic nitrogens is 1. The number of hydrogen-bond donors (Lipinski definition) is 0. The highest BCUT2D eigenvalue weighted by atomic mass is 16.7. The minimum atomic E-state index is -1.30. The third kappa shape index (κ3) is 3.35. The highest BCUT2D eigenvalue weighted by molar-refractivity contribution is 6.62. The van der Waals surface area contributed by atoms with Gasteiger partial charge in [-0.2, -0.15) is 0 Å². The van der Waals surface area contributed by atoms with E-state index in [-0.39, 0.29) is 0 Å². The third-order valence-electron chi connectivity index (χ3n) is 4.38. The van der Waals surface area contributed by atoms with Crippen molar-refractivity contribution >= 4 is 24.5 Å². The van der Waals surface area contributed by atoms with E-state index in [4.69, 9.17) is 9.31 Å². The van der Waals surface area contributed by atoms with Crippen molar-refractivity contribution in [3.05, 3.63) is 18.3 Å². The second-order valence-electron chi connectivity index (χ2n) is 7.81. The van der Waals surface area contributed by atoms with Gasteiger partial charge in [-0.05, 0) is 66.1 Å². The van der Waals surface area contributed by atoms with Crippen LogP contribution in [0.5, 0.6) is 0 Å². The first-order valence-electron chi connectivity index (χ1n) is 7.68. The molecule has 1 amide bonds. The zero-order valence-electron chi connectivity index (χ0n) is 14.8. The molecule has 0 radical (unpaired) electrons. The Labute approximate surface area is 137 Å². The van der Waals surface area contributed by atoms with Gasteiger partial charge in [0.2, 0.25) is 0 Å². The van der Waals surface area contributed by atoms with E-state index in [1.807, 2.05) is 27.7 Å². The van der Waals surface area contributed by atoms with Gasteiger partial charge < -0.3 is 24.1 Å². The Morgan fingerprint density at radius 2 is 1.74 bits per heavy atom. The first-order chi connectivity index (χ1) is 10.3. The predicted molar refractivity (Wildman–Crippen MR) is 87.6 cm³/mol. The highest BCUT2D eigenvalue weighted by Gasteiger charge is 2.51. The molecule has 0 N–H and O–H groups in total. The van der Waals surface area contributed by atoms with E-state index in [2.05, 4.69) is 4.98 Å². The number of carboxylic acid groups (broad SMARTS) is 1. The van der Waals surface area contributed by atoms with Gasteiger partial charge in [-0.15, -0.1) is 0 Å². The maximum Gasteiger partial charge on any atom is 0.495 e. The van der Waals surface area contributed by atoms with Gasteiger partial charge in [-0.25, -0.2) is 4.98 Å². The lowest BCUT2D eigenvalue weighted by Gasteiger charge is -2.37. The average molecular weight is 319 g/mol. The van der Waals surface area contributed by atoms with Gasteiger partial charge >= 0.3 is 7.12 Å². The van der Waals surface area contributed by atoms with Crippen LogP contribution in [-0.2, 0) is 9.31 Å².